The molecule has 2 aliphatic rings. The lowest BCUT2D eigenvalue weighted by Gasteiger charge is -2.42. The van der Waals surface area contributed by atoms with E-state index in [0.717, 1.165) is 23.1 Å². The van der Waals surface area contributed by atoms with Crippen LogP contribution in [0.3, 0.4) is 0 Å². The molecule has 0 N–H and O–H groups in total. The van der Waals surface area contributed by atoms with Gasteiger partial charge in [-0.25, -0.2) is 0 Å². The summed E-state index contributed by atoms with van der Waals surface area (Å²) in [4.78, 5) is 24.1. The molecule has 0 aliphatic heterocycles. The van der Waals surface area contributed by atoms with Crippen molar-refractivity contribution in [3.8, 4) is 0 Å². The molecule has 0 radical (unpaired) electrons. The zero-order valence-corrected chi connectivity index (χ0v) is 10.9. The SMILES string of the molecule is C=C(C)[C@H]1CC(=O)[C@]2(C)CCC(=O)C(C)=C2C1. The number of hydrogen-bond donors (Lipinski definition) is 0. The van der Waals surface area contributed by atoms with E-state index in [-0.39, 0.29) is 17.1 Å². The number of fused-ring (bicyclic) bond motifs is 1. The number of Topliss-reactive ketones (excluding diaryl/α,β-unsaturated/α-hetero) is 2. The quantitative estimate of drug-likeness (QED) is 0.650. The topological polar surface area (TPSA) is 34.1 Å². The first kappa shape index (κ1) is 12.3. The normalized spacial score (nSPS) is 33.7. The van der Waals surface area contributed by atoms with Gasteiger partial charge in [-0.3, -0.25) is 9.59 Å². The molecular weight excluding hydrogens is 212 g/mol. The molecule has 2 aliphatic carbocycles. The largest absolute Gasteiger partial charge is 0.299 e. The summed E-state index contributed by atoms with van der Waals surface area (Å²) in [6, 6.07) is 0. The van der Waals surface area contributed by atoms with Crippen molar-refractivity contribution in [1.82, 2.24) is 0 Å². The maximum absolute atomic E-state index is 12.3. The first-order valence-electron chi connectivity index (χ1n) is 6.28. The van der Waals surface area contributed by atoms with E-state index in [1.54, 1.807) is 0 Å². The van der Waals surface area contributed by atoms with Crippen LogP contribution in [-0.4, -0.2) is 11.6 Å². The van der Waals surface area contributed by atoms with Gasteiger partial charge in [0.1, 0.15) is 5.78 Å². The second-order valence-electron chi connectivity index (χ2n) is 5.73. The Morgan fingerprint density at radius 3 is 2.59 bits per heavy atom. The average Bonchev–Trinajstić information content (AvgIpc) is 2.26. The number of hydrogen-bond acceptors (Lipinski definition) is 2. The second kappa shape index (κ2) is 3.94. The highest BCUT2D eigenvalue weighted by Gasteiger charge is 2.46. The predicted molar refractivity (Wildman–Crippen MR) is 67.6 cm³/mol. The molecule has 2 heteroatoms. The molecular formula is C15H20O2. The first-order chi connectivity index (χ1) is 7.86. The molecule has 0 amide bonds. The molecule has 2 nitrogen and oxygen atoms in total. The summed E-state index contributed by atoms with van der Waals surface area (Å²) in [6.45, 7) is 9.82. The Bertz CT molecular complexity index is 442. The van der Waals surface area contributed by atoms with Crippen molar-refractivity contribution in [1.29, 1.82) is 0 Å². The number of carbonyl (C=O) groups excluding carboxylic acids is 2. The van der Waals surface area contributed by atoms with E-state index in [4.69, 9.17) is 0 Å². The van der Waals surface area contributed by atoms with Crippen molar-refractivity contribution >= 4 is 11.6 Å². The molecule has 0 aromatic heterocycles. The van der Waals surface area contributed by atoms with Crippen LogP contribution in [0.25, 0.3) is 0 Å². The summed E-state index contributed by atoms with van der Waals surface area (Å²) < 4.78 is 0. The van der Waals surface area contributed by atoms with Crippen molar-refractivity contribution < 1.29 is 9.59 Å². The lowest BCUT2D eigenvalue weighted by atomic mass is 9.60. The van der Waals surface area contributed by atoms with Crippen molar-refractivity contribution in [2.45, 2.75) is 46.5 Å². The van der Waals surface area contributed by atoms with Crippen molar-refractivity contribution in [2.24, 2.45) is 11.3 Å². The molecule has 2 atom stereocenters. The Balaban J connectivity index is 2.46. The summed E-state index contributed by atoms with van der Waals surface area (Å²) in [7, 11) is 0. The van der Waals surface area contributed by atoms with E-state index < -0.39 is 0 Å². The van der Waals surface area contributed by atoms with Crippen LogP contribution in [-0.2, 0) is 9.59 Å². The minimum Gasteiger partial charge on any atom is -0.299 e. The summed E-state index contributed by atoms with van der Waals surface area (Å²) >= 11 is 0. The molecule has 0 aromatic rings. The second-order valence-corrected chi connectivity index (χ2v) is 5.73. The Hall–Kier alpha value is -1.18. The van der Waals surface area contributed by atoms with Gasteiger partial charge in [-0.15, -0.1) is 0 Å². The molecule has 0 unspecified atom stereocenters. The van der Waals surface area contributed by atoms with Crippen molar-refractivity contribution in [3.05, 3.63) is 23.3 Å². The number of ketones is 2. The minimum absolute atomic E-state index is 0.215. The number of allylic oxidation sites excluding steroid dienone is 3. The van der Waals surface area contributed by atoms with Gasteiger partial charge >= 0.3 is 0 Å². The van der Waals surface area contributed by atoms with Gasteiger partial charge in [-0.05, 0) is 50.7 Å². The highest BCUT2D eigenvalue weighted by molar-refractivity contribution is 6.01. The van der Waals surface area contributed by atoms with Gasteiger partial charge in [0.25, 0.3) is 0 Å². The molecule has 92 valence electrons. The third-order valence-corrected chi connectivity index (χ3v) is 4.58. The van der Waals surface area contributed by atoms with Crippen LogP contribution in [0.4, 0.5) is 0 Å². The highest BCUT2D eigenvalue weighted by atomic mass is 16.1. The maximum atomic E-state index is 12.3. The Labute approximate surface area is 103 Å². The summed E-state index contributed by atoms with van der Waals surface area (Å²) in [6.07, 6.45) is 2.65. The van der Waals surface area contributed by atoms with E-state index in [1.165, 1.54) is 0 Å². The number of carbonyl (C=O) groups is 2. The molecule has 2 rings (SSSR count). The van der Waals surface area contributed by atoms with Gasteiger partial charge in [0.2, 0.25) is 0 Å². The van der Waals surface area contributed by atoms with Gasteiger partial charge in [-0.2, -0.15) is 0 Å². The molecule has 0 saturated heterocycles. The smallest absolute Gasteiger partial charge is 0.158 e. The summed E-state index contributed by atoms with van der Waals surface area (Å²) in [5, 5.41) is 0. The van der Waals surface area contributed by atoms with Crippen LogP contribution in [0, 0.1) is 11.3 Å². The van der Waals surface area contributed by atoms with E-state index in [0.29, 0.717) is 25.0 Å². The highest BCUT2D eigenvalue weighted by Crippen LogP contribution is 2.49. The monoisotopic (exact) mass is 232 g/mol. The third kappa shape index (κ3) is 1.80. The van der Waals surface area contributed by atoms with E-state index in [1.807, 2.05) is 20.8 Å². The average molecular weight is 232 g/mol. The number of rotatable bonds is 1. The van der Waals surface area contributed by atoms with E-state index in [9.17, 15) is 9.59 Å². The van der Waals surface area contributed by atoms with Crippen molar-refractivity contribution in [3.63, 3.8) is 0 Å². The molecule has 1 saturated carbocycles. The first-order valence-corrected chi connectivity index (χ1v) is 6.28. The van der Waals surface area contributed by atoms with Crippen LogP contribution >= 0.6 is 0 Å². The lowest BCUT2D eigenvalue weighted by Crippen LogP contribution is -2.41. The summed E-state index contributed by atoms with van der Waals surface area (Å²) in [5.74, 6) is 0.734. The van der Waals surface area contributed by atoms with Crippen LogP contribution in [0.1, 0.15) is 46.5 Å². The summed E-state index contributed by atoms with van der Waals surface area (Å²) in [5.41, 5.74) is 2.60. The van der Waals surface area contributed by atoms with Crippen LogP contribution < -0.4 is 0 Å². The maximum Gasteiger partial charge on any atom is 0.158 e. The van der Waals surface area contributed by atoms with E-state index >= 15 is 0 Å². The van der Waals surface area contributed by atoms with Crippen LogP contribution in [0.15, 0.2) is 23.3 Å². The van der Waals surface area contributed by atoms with Crippen molar-refractivity contribution in [2.75, 3.05) is 0 Å². The Morgan fingerprint density at radius 1 is 1.35 bits per heavy atom. The standard InChI is InChI=1S/C15H20O2/c1-9(2)11-7-12-10(3)13(16)5-6-15(12,4)14(17)8-11/h11H,1,5-8H2,2-4H3/t11-,15-/m1/s1. The fourth-order valence-corrected chi connectivity index (χ4v) is 3.09. The molecule has 0 spiro atoms. The zero-order valence-electron chi connectivity index (χ0n) is 10.9. The lowest BCUT2D eigenvalue weighted by molar-refractivity contribution is -0.130. The predicted octanol–water partition coefficient (Wildman–Crippen LogP) is 3.23. The molecule has 1 fully saturated rings. The van der Waals surface area contributed by atoms with Gasteiger partial charge in [-0.1, -0.05) is 12.2 Å². The molecule has 0 aromatic carbocycles. The van der Waals surface area contributed by atoms with Gasteiger partial charge in [0, 0.05) is 18.3 Å². The molecule has 0 heterocycles. The fourth-order valence-electron chi connectivity index (χ4n) is 3.09. The van der Waals surface area contributed by atoms with E-state index in [2.05, 4.69) is 6.58 Å². The fraction of sp³-hybridized carbons (Fsp3) is 0.600. The van der Waals surface area contributed by atoms with Gasteiger partial charge < -0.3 is 0 Å². The Morgan fingerprint density at radius 2 is 2.00 bits per heavy atom. The van der Waals surface area contributed by atoms with Crippen LogP contribution in [0.2, 0.25) is 0 Å². The van der Waals surface area contributed by atoms with Gasteiger partial charge in [0.15, 0.2) is 5.78 Å². The molecule has 0 bridgehead atoms. The Kier molecular flexibility index (Phi) is 2.84. The minimum atomic E-state index is -0.371. The van der Waals surface area contributed by atoms with Gasteiger partial charge in [0.05, 0.1) is 0 Å². The third-order valence-electron chi connectivity index (χ3n) is 4.58. The van der Waals surface area contributed by atoms with Crippen LogP contribution in [0.5, 0.6) is 0 Å². The molecule has 17 heavy (non-hydrogen) atoms. The zero-order chi connectivity index (χ0) is 12.8.